The molecular formula is C20H26Cl3N3O. The molecule has 1 aliphatic heterocycles. The summed E-state index contributed by atoms with van der Waals surface area (Å²) in [7, 11) is 0. The van der Waals surface area contributed by atoms with E-state index >= 15 is 0 Å². The Bertz CT molecular complexity index is 689. The van der Waals surface area contributed by atoms with E-state index in [2.05, 4.69) is 22.3 Å². The molecule has 2 aromatic rings. The van der Waals surface area contributed by atoms with Gasteiger partial charge in [0.2, 0.25) is 5.91 Å². The van der Waals surface area contributed by atoms with Crippen molar-refractivity contribution in [3.05, 3.63) is 70.7 Å². The predicted molar refractivity (Wildman–Crippen MR) is 116 cm³/mol. The molecule has 1 heterocycles. The van der Waals surface area contributed by atoms with E-state index in [-0.39, 0.29) is 36.8 Å². The van der Waals surface area contributed by atoms with Crippen molar-refractivity contribution in [2.75, 3.05) is 13.1 Å². The Labute approximate surface area is 178 Å². The number of piperidine rings is 1. The molecule has 148 valence electrons. The van der Waals surface area contributed by atoms with Crippen LogP contribution >= 0.6 is 36.4 Å². The Kier molecular flexibility index (Phi) is 10.1. The number of likely N-dealkylation sites (tertiary alicyclic amines) is 1. The van der Waals surface area contributed by atoms with Crippen molar-refractivity contribution < 1.29 is 4.79 Å². The van der Waals surface area contributed by atoms with Crippen LogP contribution in [-0.4, -0.2) is 29.9 Å². The number of carbonyl (C=O) groups excluding carboxylic acids is 1. The molecule has 7 heteroatoms. The lowest BCUT2D eigenvalue weighted by Crippen LogP contribution is -2.46. The van der Waals surface area contributed by atoms with Crippen molar-refractivity contribution in [1.82, 2.24) is 10.2 Å². The first-order valence-corrected chi connectivity index (χ1v) is 9.07. The minimum Gasteiger partial charge on any atom is -0.352 e. The van der Waals surface area contributed by atoms with Crippen LogP contribution in [0.2, 0.25) is 5.02 Å². The van der Waals surface area contributed by atoms with Gasteiger partial charge >= 0.3 is 0 Å². The molecule has 0 bridgehead atoms. The average Bonchev–Trinajstić information content (AvgIpc) is 2.65. The van der Waals surface area contributed by atoms with E-state index < -0.39 is 6.04 Å². The zero-order valence-electron chi connectivity index (χ0n) is 15.0. The lowest BCUT2D eigenvalue weighted by molar-refractivity contribution is -0.123. The summed E-state index contributed by atoms with van der Waals surface area (Å²) in [6.45, 7) is 2.85. The monoisotopic (exact) mass is 429 g/mol. The Balaban J connectivity index is 0.00000182. The summed E-state index contributed by atoms with van der Waals surface area (Å²) in [5.41, 5.74) is 8.17. The minimum absolute atomic E-state index is 0. The number of halogens is 3. The Morgan fingerprint density at radius 2 is 1.67 bits per heavy atom. The lowest BCUT2D eigenvalue weighted by Gasteiger charge is -2.32. The first-order valence-electron chi connectivity index (χ1n) is 8.69. The number of carbonyl (C=O) groups is 1. The molecule has 3 rings (SSSR count). The molecule has 1 unspecified atom stereocenters. The van der Waals surface area contributed by atoms with Gasteiger partial charge in [-0.05, 0) is 36.1 Å². The van der Waals surface area contributed by atoms with Crippen LogP contribution in [0.4, 0.5) is 0 Å². The van der Waals surface area contributed by atoms with Gasteiger partial charge in [-0.25, -0.2) is 0 Å². The number of nitrogens with zero attached hydrogens (tertiary/aromatic N) is 1. The topological polar surface area (TPSA) is 58.4 Å². The zero-order chi connectivity index (χ0) is 17.6. The van der Waals surface area contributed by atoms with Crippen molar-refractivity contribution in [2.45, 2.75) is 31.5 Å². The molecule has 1 fully saturated rings. The first kappa shape index (κ1) is 23.7. The Hall–Kier alpha value is -1.30. The van der Waals surface area contributed by atoms with Crippen molar-refractivity contribution in [3.8, 4) is 0 Å². The molecule has 3 N–H and O–H groups in total. The van der Waals surface area contributed by atoms with Crippen LogP contribution in [0.15, 0.2) is 54.6 Å². The molecular weight excluding hydrogens is 405 g/mol. The highest BCUT2D eigenvalue weighted by Crippen LogP contribution is 2.17. The molecule has 1 atom stereocenters. The summed E-state index contributed by atoms with van der Waals surface area (Å²) in [6, 6.07) is 17.1. The Morgan fingerprint density at radius 1 is 1.07 bits per heavy atom. The highest BCUT2D eigenvalue weighted by atomic mass is 35.5. The second-order valence-electron chi connectivity index (χ2n) is 6.57. The average molecular weight is 431 g/mol. The third kappa shape index (κ3) is 6.98. The number of amides is 1. The lowest BCUT2D eigenvalue weighted by atomic mass is 10.0. The molecule has 0 aromatic heterocycles. The van der Waals surface area contributed by atoms with Crippen LogP contribution < -0.4 is 11.1 Å². The standard InChI is InChI=1S/C20H24ClN3O.2ClH/c21-17-8-6-15(7-9-17)14-24-12-10-18(11-13-24)23-20(25)19(22)16-4-2-1-3-5-16;;/h1-9,18-19H,10-14,22H2,(H,23,25);2*1H. The Morgan fingerprint density at radius 3 is 2.26 bits per heavy atom. The number of hydrogen-bond donors (Lipinski definition) is 2. The van der Waals surface area contributed by atoms with Crippen LogP contribution in [0.3, 0.4) is 0 Å². The first-order chi connectivity index (χ1) is 12.1. The maximum absolute atomic E-state index is 12.4. The number of nitrogens with one attached hydrogen (secondary N) is 1. The fourth-order valence-corrected chi connectivity index (χ4v) is 3.31. The molecule has 27 heavy (non-hydrogen) atoms. The smallest absolute Gasteiger partial charge is 0.241 e. The minimum atomic E-state index is -0.603. The molecule has 0 saturated carbocycles. The van der Waals surface area contributed by atoms with E-state index in [1.54, 1.807) is 0 Å². The van der Waals surface area contributed by atoms with Crippen LogP contribution in [-0.2, 0) is 11.3 Å². The summed E-state index contributed by atoms with van der Waals surface area (Å²) in [4.78, 5) is 14.8. The summed E-state index contributed by atoms with van der Waals surface area (Å²) >= 11 is 5.93. The largest absolute Gasteiger partial charge is 0.352 e. The molecule has 1 aliphatic rings. The van der Waals surface area contributed by atoms with Gasteiger partial charge in [0.05, 0.1) is 0 Å². The van der Waals surface area contributed by atoms with Crippen molar-refractivity contribution >= 4 is 42.3 Å². The quantitative estimate of drug-likeness (QED) is 0.755. The van der Waals surface area contributed by atoms with Gasteiger partial charge in [-0.3, -0.25) is 9.69 Å². The normalized spacial score (nSPS) is 15.9. The van der Waals surface area contributed by atoms with Crippen LogP contribution in [0.5, 0.6) is 0 Å². The summed E-state index contributed by atoms with van der Waals surface area (Å²) in [5.74, 6) is -0.0950. The number of benzene rings is 2. The van der Waals surface area contributed by atoms with Crippen molar-refractivity contribution in [1.29, 1.82) is 0 Å². The molecule has 4 nitrogen and oxygen atoms in total. The highest BCUT2D eigenvalue weighted by Gasteiger charge is 2.23. The molecule has 0 aliphatic carbocycles. The fraction of sp³-hybridized carbons (Fsp3) is 0.350. The predicted octanol–water partition coefficient (Wildman–Crippen LogP) is 3.96. The third-order valence-corrected chi connectivity index (χ3v) is 4.95. The van der Waals surface area contributed by atoms with Gasteiger partial charge in [0.25, 0.3) is 0 Å². The maximum atomic E-state index is 12.4. The second kappa shape index (κ2) is 11.5. The summed E-state index contributed by atoms with van der Waals surface area (Å²) < 4.78 is 0. The number of nitrogens with two attached hydrogens (primary N) is 1. The van der Waals surface area contributed by atoms with Gasteiger partial charge in [0, 0.05) is 30.7 Å². The van der Waals surface area contributed by atoms with Gasteiger partial charge < -0.3 is 11.1 Å². The van der Waals surface area contributed by atoms with E-state index in [1.807, 2.05) is 42.5 Å². The van der Waals surface area contributed by atoms with Crippen molar-refractivity contribution in [3.63, 3.8) is 0 Å². The summed E-state index contributed by atoms with van der Waals surface area (Å²) in [5, 5.41) is 3.86. The molecule has 1 saturated heterocycles. The van der Waals surface area contributed by atoms with E-state index in [4.69, 9.17) is 17.3 Å². The van der Waals surface area contributed by atoms with Gasteiger partial charge in [-0.2, -0.15) is 0 Å². The molecule has 0 spiro atoms. The molecule has 2 aromatic carbocycles. The third-order valence-electron chi connectivity index (χ3n) is 4.69. The van der Waals surface area contributed by atoms with E-state index in [1.165, 1.54) is 5.56 Å². The van der Waals surface area contributed by atoms with Crippen LogP contribution in [0.25, 0.3) is 0 Å². The van der Waals surface area contributed by atoms with Crippen LogP contribution in [0, 0.1) is 0 Å². The van der Waals surface area contributed by atoms with E-state index in [9.17, 15) is 4.79 Å². The van der Waals surface area contributed by atoms with E-state index in [0.717, 1.165) is 43.1 Å². The van der Waals surface area contributed by atoms with Crippen molar-refractivity contribution in [2.24, 2.45) is 5.73 Å². The number of rotatable bonds is 5. The number of hydrogen-bond acceptors (Lipinski definition) is 3. The van der Waals surface area contributed by atoms with Gasteiger partial charge in [-0.1, -0.05) is 54.1 Å². The summed E-state index contributed by atoms with van der Waals surface area (Å²) in [6.07, 6.45) is 1.89. The van der Waals surface area contributed by atoms with Gasteiger partial charge in [-0.15, -0.1) is 24.8 Å². The fourth-order valence-electron chi connectivity index (χ4n) is 3.19. The molecule has 1 amide bonds. The SMILES string of the molecule is Cl.Cl.NC(C(=O)NC1CCN(Cc2ccc(Cl)cc2)CC1)c1ccccc1. The zero-order valence-corrected chi connectivity index (χ0v) is 17.4. The second-order valence-corrected chi connectivity index (χ2v) is 7.01. The highest BCUT2D eigenvalue weighted by molar-refractivity contribution is 6.30. The molecule has 0 radical (unpaired) electrons. The van der Waals surface area contributed by atoms with Crippen LogP contribution in [0.1, 0.15) is 30.0 Å². The van der Waals surface area contributed by atoms with Gasteiger partial charge in [0.15, 0.2) is 0 Å². The van der Waals surface area contributed by atoms with Gasteiger partial charge in [0.1, 0.15) is 6.04 Å². The maximum Gasteiger partial charge on any atom is 0.241 e. The van der Waals surface area contributed by atoms with E-state index in [0.29, 0.717) is 0 Å².